The summed E-state index contributed by atoms with van der Waals surface area (Å²) < 4.78 is 5.05. The molecule has 20 heavy (non-hydrogen) atoms. The minimum atomic E-state index is -0.454. The van der Waals surface area contributed by atoms with Crippen molar-refractivity contribution in [2.24, 2.45) is 5.92 Å². The Labute approximate surface area is 123 Å². The number of rotatable bonds is 7. The van der Waals surface area contributed by atoms with E-state index < -0.39 is 5.54 Å². The van der Waals surface area contributed by atoms with Crippen molar-refractivity contribution >= 4 is 5.97 Å². The van der Waals surface area contributed by atoms with Crippen molar-refractivity contribution in [3.05, 3.63) is 0 Å². The molecule has 0 bridgehead atoms. The highest BCUT2D eigenvalue weighted by atomic mass is 16.5. The first-order valence-corrected chi connectivity index (χ1v) is 8.11. The van der Waals surface area contributed by atoms with Crippen LogP contribution in [0.2, 0.25) is 0 Å². The quantitative estimate of drug-likeness (QED) is 0.727. The standard InChI is InChI=1S/C16H30N2O2/c1-5-17-16(15(19)20-4)9-8-14(10-16)18(12(2)3)11-13-6-7-13/h12-14,17H,5-11H2,1-4H3. The molecule has 0 aromatic rings. The largest absolute Gasteiger partial charge is 0.468 e. The summed E-state index contributed by atoms with van der Waals surface area (Å²) in [6, 6.07) is 1.06. The maximum atomic E-state index is 12.2. The molecule has 2 saturated carbocycles. The molecule has 2 atom stereocenters. The molecule has 116 valence electrons. The Morgan fingerprint density at radius 3 is 2.60 bits per heavy atom. The summed E-state index contributed by atoms with van der Waals surface area (Å²) in [5.41, 5.74) is -0.454. The Kier molecular flexibility index (Phi) is 5.08. The van der Waals surface area contributed by atoms with Crippen LogP contribution in [0.25, 0.3) is 0 Å². The first-order chi connectivity index (χ1) is 9.52. The maximum absolute atomic E-state index is 12.2. The lowest BCUT2D eigenvalue weighted by atomic mass is 9.97. The minimum absolute atomic E-state index is 0.0861. The molecule has 2 fully saturated rings. The number of hydrogen-bond acceptors (Lipinski definition) is 4. The Morgan fingerprint density at radius 1 is 1.40 bits per heavy atom. The van der Waals surface area contributed by atoms with Gasteiger partial charge in [-0.2, -0.15) is 0 Å². The zero-order valence-electron chi connectivity index (χ0n) is 13.4. The molecule has 0 spiro atoms. The summed E-state index contributed by atoms with van der Waals surface area (Å²) in [5, 5.41) is 3.40. The normalized spacial score (nSPS) is 30.2. The number of likely N-dealkylation sites (N-methyl/N-ethyl adjacent to an activating group) is 1. The van der Waals surface area contributed by atoms with Gasteiger partial charge in [0.1, 0.15) is 5.54 Å². The molecule has 0 aromatic carbocycles. The van der Waals surface area contributed by atoms with Gasteiger partial charge in [0.25, 0.3) is 0 Å². The highest BCUT2D eigenvalue weighted by molar-refractivity contribution is 5.81. The van der Waals surface area contributed by atoms with E-state index >= 15 is 0 Å². The smallest absolute Gasteiger partial charge is 0.326 e. The topological polar surface area (TPSA) is 41.6 Å². The van der Waals surface area contributed by atoms with E-state index in [4.69, 9.17) is 4.74 Å². The Hall–Kier alpha value is -0.610. The third-order valence-corrected chi connectivity index (χ3v) is 4.88. The van der Waals surface area contributed by atoms with Crippen LogP contribution in [0.3, 0.4) is 0 Å². The lowest BCUT2D eigenvalue weighted by Crippen LogP contribution is -2.52. The lowest BCUT2D eigenvalue weighted by Gasteiger charge is -2.34. The molecule has 2 aliphatic rings. The molecule has 0 heterocycles. The molecule has 0 aliphatic heterocycles. The van der Waals surface area contributed by atoms with Crippen LogP contribution >= 0.6 is 0 Å². The van der Waals surface area contributed by atoms with Gasteiger partial charge in [0.2, 0.25) is 0 Å². The molecule has 2 rings (SSSR count). The Morgan fingerprint density at radius 2 is 2.10 bits per heavy atom. The number of esters is 1. The fourth-order valence-corrected chi connectivity index (χ4v) is 3.63. The van der Waals surface area contributed by atoms with Gasteiger partial charge in [-0.25, -0.2) is 0 Å². The average Bonchev–Trinajstić information content (AvgIpc) is 3.15. The summed E-state index contributed by atoms with van der Waals surface area (Å²) >= 11 is 0. The number of ether oxygens (including phenoxy) is 1. The van der Waals surface area contributed by atoms with Crippen LogP contribution in [0.15, 0.2) is 0 Å². The monoisotopic (exact) mass is 282 g/mol. The van der Waals surface area contributed by atoms with Crippen LogP contribution in [-0.4, -0.2) is 48.7 Å². The van der Waals surface area contributed by atoms with Gasteiger partial charge in [-0.05, 0) is 58.4 Å². The van der Waals surface area contributed by atoms with E-state index in [1.165, 1.54) is 26.5 Å². The molecule has 2 unspecified atom stereocenters. The first-order valence-electron chi connectivity index (χ1n) is 8.11. The summed E-state index contributed by atoms with van der Waals surface area (Å²) in [6.45, 7) is 8.61. The molecule has 4 heteroatoms. The number of carbonyl (C=O) groups excluding carboxylic acids is 1. The molecule has 1 N–H and O–H groups in total. The van der Waals surface area contributed by atoms with E-state index in [0.717, 1.165) is 31.7 Å². The molecular formula is C16H30N2O2. The summed E-state index contributed by atoms with van der Waals surface area (Å²) in [5.74, 6) is 0.807. The number of nitrogens with zero attached hydrogens (tertiary/aromatic N) is 1. The van der Waals surface area contributed by atoms with Crippen LogP contribution in [0.5, 0.6) is 0 Å². The average molecular weight is 282 g/mol. The molecular weight excluding hydrogens is 252 g/mol. The van der Waals surface area contributed by atoms with Crippen molar-refractivity contribution in [1.29, 1.82) is 0 Å². The van der Waals surface area contributed by atoms with E-state index in [1.54, 1.807) is 0 Å². The fraction of sp³-hybridized carbons (Fsp3) is 0.938. The highest BCUT2D eigenvalue weighted by Gasteiger charge is 2.48. The number of nitrogens with one attached hydrogen (secondary N) is 1. The molecule has 4 nitrogen and oxygen atoms in total. The Bertz CT molecular complexity index is 341. The Balaban J connectivity index is 2.04. The van der Waals surface area contributed by atoms with Crippen molar-refractivity contribution in [3.63, 3.8) is 0 Å². The third kappa shape index (κ3) is 3.34. The second kappa shape index (κ2) is 6.44. The predicted octanol–water partition coefficient (Wildman–Crippen LogP) is 2.18. The van der Waals surface area contributed by atoms with Gasteiger partial charge in [-0.15, -0.1) is 0 Å². The van der Waals surface area contributed by atoms with E-state index in [-0.39, 0.29) is 5.97 Å². The molecule has 0 radical (unpaired) electrons. The second-order valence-corrected chi connectivity index (χ2v) is 6.73. The van der Waals surface area contributed by atoms with Crippen molar-refractivity contribution < 1.29 is 9.53 Å². The van der Waals surface area contributed by atoms with Crippen molar-refractivity contribution in [1.82, 2.24) is 10.2 Å². The molecule has 0 saturated heterocycles. The van der Waals surface area contributed by atoms with Gasteiger partial charge < -0.3 is 10.1 Å². The number of methoxy groups -OCH3 is 1. The lowest BCUT2D eigenvalue weighted by molar-refractivity contribution is -0.148. The zero-order chi connectivity index (χ0) is 14.8. The van der Waals surface area contributed by atoms with E-state index in [2.05, 4.69) is 31.0 Å². The van der Waals surface area contributed by atoms with Gasteiger partial charge in [0.15, 0.2) is 0 Å². The third-order valence-electron chi connectivity index (χ3n) is 4.88. The number of hydrogen-bond donors (Lipinski definition) is 1. The van der Waals surface area contributed by atoms with E-state index in [0.29, 0.717) is 12.1 Å². The van der Waals surface area contributed by atoms with E-state index in [9.17, 15) is 4.79 Å². The number of carbonyl (C=O) groups is 1. The van der Waals surface area contributed by atoms with Crippen molar-refractivity contribution in [2.45, 2.75) is 70.5 Å². The van der Waals surface area contributed by atoms with Crippen LogP contribution in [-0.2, 0) is 9.53 Å². The van der Waals surface area contributed by atoms with Gasteiger partial charge in [-0.3, -0.25) is 9.69 Å². The molecule has 0 aromatic heterocycles. The van der Waals surface area contributed by atoms with Gasteiger partial charge in [-0.1, -0.05) is 6.92 Å². The predicted molar refractivity (Wildman–Crippen MR) is 80.6 cm³/mol. The van der Waals surface area contributed by atoms with Crippen LogP contribution in [0.4, 0.5) is 0 Å². The second-order valence-electron chi connectivity index (χ2n) is 6.73. The van der Waals surface area contributed by atoms with Crippen LogP contribution in [0.1, 0.15) is 52.9 Å². The summed E-state index contributed by atoms with van der Waals surface area (Å²) in [7, 11) is 1.50. The van der Waals surface area contributed by atoms with E-state index in [1.807, 2.05) is 0 Å². The van der Waals surface area contributed by atoms with Gasteiger partial charge in [0.05, 0.1) is 7.11 Å². The van der Waals surface area contributed by atoms with Gasteiger partial charge in [0, 0.05) is 18.6 Å². The van der Waals surface area contributed by atoms with Crippen molar-refractivity contribution in [3.8, 4) is 0 Å². The summed E-state index contributed by atoms with van der Waals surface area (Å²) in [6.07, 6.45) is 5.63. The van der Waals surface area contributed by atoms with Gasteiger partial charge >= 0.3 is 5.97 Å². The highest BCUT2D eigenvalue weighted by Crippen LogP contribution is 2.38. The van der Waals surface area contributed by atoms with Crippen LogP contribution < -0.4 is 5.32 Å². The summed E-state index contributed by atoms with van der Waals surface area (Å²) in [4.78, 5) is 14.8. The van der Waals surface area contributed by atoms with Crippen LogP contribution in [0, 0.1) is 5.92 Å². The molecule has 2 aliphatic carbocycles. The SMILES string of the molecule is CCNC1(C(=O)OC)CCC(N(CC2CC2)C(C)C)C1. The van der Waals surface area contributed by atoms with Crippen molar-refractivity contribution in [2.75, 3.05) is 20.2 Å². The first kappa shape index (κ1) is 15.8. The molecule has 0 amide bonds. The fourth-order valence-electron chi connectivity index (χ4n) is 3.63. The minimum Gasteiger partial charge on any atom is -0.468 e. The zero-order valence-corrected chi connectivity index (χ0v) is 13.4. The maximum Gasteiger partial charge on any atom is 0.326 e.